The fraction of sp³-hybridized carbons (Fsp3) is 0.750. The van der Waals surface area contributed by atoms with E-state index in [2.05, 4.69) is 20.8 Å². The van der Waals surface area contributed by atoms with Gasteiger partial charge in [-0.1, -0.05) is 5.16 Å². The second-order valence-electron chi connectivity index (χ2n) is 5.16. The van der Waals surface area contributed by atoms with Crippen molar-refractivity contribution in [1.82, 2.24) is 20.8 Å². The molecule has 1 aromatic rings. The molecule has 3 rings (SSSR count). The van der Waals surface area contributed by atoms with E-state index in [0.29, 0.717) is 17.9 Å². The molecule has 1 unspecified atom stereocenters. The molecular weight excluding hydrogens is 232 g/mol. The van der Waals surface area contributed by atoms with Gasteiger partial charge in [0.1, 0.15) is 0 Å². The molecule has 1 saturated carbocycles. The third kappa shape index (κ3) is 2.87. The van der Waals surface area contributed by atoms with Crippen LogP contribution >= 0.6 is 0 Å². The van der Waals surface area contributed by atoms with Crippen LogP contribution in [-0.2, 0) is 6.42 Å². The number of amides is 1. The summed E-state index contributed by atoms with van der Waals surface area (Å²) in [7, 11) is 0. The number of aromatic nitrogens is 2. The number of hydrogen-bond donors (Lipinski definition) is 2. The molecule has 1 aromatic heterocycles. The van der Waals surface area contributed by atoms with Crippen LogP contribution in [0.2, 0.25) is 0 Å². The van der Waals surface area contributed by atoms with E-state index in [1.54, 1.807) is 0 Å². The number of hydrogen-bond acceptors (Lipinski definition) is 5. The molecular formula is C12H18N4O2. The fourth-order valence-electron chi connectivity index (χ4n) is 2.21. The Kier molecular flexibility index (Phi) is 3.27. The summed E-state index contributed by atoms with van der Waals surface area (Å²) >= 11 is 0. The summed E-state index contributed by atoms with van der Waals surface area (Å²) in [5, 5.41) is 9.90. The van der Waals surface area contributed by atoms with E-state index in [1.165, 1.54) is 6.42 Å². The van der Waals surface area contributed by atoms with E-state index in [4.69, 9.17) is 4.52 Å². The highest BCUT2D eigenvalue weighted by Gasteiger charge is 2.26. The molecule has 2 aliphatic rings. The van der Waals surface area contributed by atoms with Crippen LogP contribution < -0.4 is 10.6 Å². The molecule has 0 spiro atoms. The lowest BCUT2D eigenvalue weighted by atomic mass is 10.0. The van der Waals surface area contributed by atoms with Gasteiger partial charge in [0, 0.05) is 12.5 Å². The highest BCUT2D eigenvalue weighted by atomic mass is 16.5. The molecule has 6 nitrogen and oxygen atoms in total. The Morgan fingerprint density at radius 3 is 3.06 bits per heavy atom. The number of carbonyl (C=O) groups is 1. The smallest absolute Gasteiger partial charge is 0.292 e. The number of nitrogens with one attached hydrogen (secondary N) is 2. The first-order valence-corrected chi connectivity index (χ1v) is 6.65. The summed E-state index contributed by atoms with van der Waals surface area (Å²) in [4.78, 5) is 15.8. The number of rotatable bonds is 5. The fourth-order valence-corrected chi connectivity index (χ4v) is 2.21. The Morgan fingerprint density at radius 2 is 2.33 bits per heavy atom. The first-order chi connectivity index (χ1) is 8.81. The average Bonchev–Trinajstić information content (AvgIpc) is 2.88. The predicted octanol–water partition coefficient (Wildman–Crippen LogP) is 0.504. The maximum absolute atomic E-state index is 11.7. The Hall–Kier alpha value is -1.43. The summed E-state index contributed by atoms with van der Waals surface area (Å²) in [5.41, 5.74) is 0. The van der Waals surface area contributed by atoms with Crippen molar-refractivity contribution in [1.29, 1.82) is 0 Å². The molecule has 0 bridgehead atoms. The van der Waals surface area contributed by atoms with Gasteiger partial charge in [0.15, 0.2) is 0 Å². The van der Waals surface area contributed by atoms with Crippen molar-refractivity contribution in [3.8, 4) is 0 Å². The number of nitrogens with zero attached hydrogens (tertiary/aromatic N) is 2. The third-order valence-electron chi connectivity index (χ3n) is 3.51. The number of carbonyl (C=O) groups excluding carboxylic acids is 1. The van der Waals surface area contributed by atoms with Crippen LogP contribution in [0.3, 0.4) is 0 Å². The van der Waals surface area contributed by atoms with Crippen molar-refractivity contribution in [2.45, 2.75) is 38.1 Å². The summed E-state index contributed by atoms with van der Waals surface area (Å²) in [6.45, 7) is 2.17. The van der Waals surface area contributed by atoms with Crippen LogP contribution in [0.1, 0.15) is 42.2 Å². The largest absolute Gasteiger partial charge is 0.346 e. The van der Waals surface area contributed by atoms with Crippen LogP contribution in [0.25, 0.3) is 0 Å². The van der Waals surface area contributed by atoms with E-state index in [0.717, 1.165) is 38.8 Å². The summed E-state index contributed by atoms with van der Waals surface area (Å²) in [6.07, 6.45) is 5.13. The maximum atomic E-state index is 11.7. The SMILES string of the molecule is O=C(NC1CC1)c1noc(CCC2CCNC2)n1. The molecule has 0 aromatic carbocycles. The second-order valence-corrected chi connectivity index (χ2v) is 5.16. The van der Waals surface area contributed by atoms with Gasteiger partial charge in [-0.25, -0.2) is 0 Å². The van der Waals surface area contributed by atoms with E-state index < -0.39 is 0 Å². The molecule has 2 fully saturated rings. The topological polar surface area (TPSA) is 80.0 Å². The van der Waals surface area contributed by atoms with E-state index in [1.807, 2.05) is 0 Å². The zero-order chi connectivity index (χ0) is 12.4. The first-order valence-electron chi connectivity index (χ1n) is 6.65. The van der Waals surface area contributed by atoms with E-state index in [9.17, 15) is 4.79 Å². The predicted molar refractivity (Wildman–Crippen MR) is 64.1 cm³/mol. The standard InChI is InChI=1S/C12H18N4O2/c17-12(14-9-2-3-9)11-15-10(18-16-11)4-1-8-5-6-13-7-8/h8-9,13H,1-7H2,(H,14,17). The van der Waals surface area contributed by atoms with Crippen molar-refractivity contribution in [2.75, 3.05) is 13.1 Å². The lowest BCUT2D eigenvalue weighted by molar-refractivity contribution is 0.0937. The monoisotopic (exact) mass is 250 g/mol. The molecule has 1 atom stereocenters. The molecule has 6 heteroatoms. The minimum atomic E-state index is -0.213. The highest BCUT2D eigenvalue weighted by Crippen LogP contribution is 2.19. The normalized spacial score (nSPS) is 23.2. The quantitative estimate of drug-likeness (QED) is 0.795. The van der Waals surface area contributed by atoms with Gasteiger partial charge in [-0.2, -0.15) is 4.98 Å². The third-order valence-corrected chi connectivity index (χ3v) is 3.51. The van der Waals surface area contributed by atoms with Gasteiger partial charge in [0.2, 0.25) is 5.89 Å². The Morgan fingerprint density at radius 1 is 1.44 bits per heavy atom. The van der Waals surface area contributed by atoms with Gasteiger partial charge in [-0.05, 0) is 44.7 Å². The van der Waals surface area contributed by atoms with Gasteiger partial charge in [-0.15, -0.1) is 0 Å². The van der Waals surface area contributed by atoms with Crippen molar-refractivity contribution < 1.29 is 9.32 Å². The molecule has 18 heavy (non-hydrogen) atoms. The van der Waals surface area contributed by atoms with Gasteiger partial charge < -0.3 is 15.2 Å². The minimum absolute atomic E-state index is 0.168. The zero-order valence-electron chi connectivity index (χ0n) is 10.3. The summed E-state index contributed by atoms with van der Waals surface area (Å²) in [5.74, 6) is 1.22. The van der Waals surface area contributed by atoms with Gasteiger partial charge in [0.25, 0.3) is 11.7 Å². The number of aryl methyl sites for hydroxylation is 1. The van der Waals surface area contributed by atoms with Gasteiger partial charge >= 0.3 is 0 Å². The zero-order valence-corrected chi connectivity index (χ0v) is 10.3. The summed E-state index contributed by atoms with van der Waals surface area (Å²) < 4.78 is 5.11. The molecule has 1 amide bonds. The molecule has 2 N–H and O–H groups in total. The lowest BCUT2D eigenvalue weighted by Crippen LogP contribution is -2.26. The summed E-state index contributed by atoms with van der Waals surface area (Å²) in [6, 6.07) is 0.323. The second kappa shape index (κ2) is 5.06. The van der Waals surface area contributed by atoms with Crippen molar-refractivity contribution in [3.05, 3.63) is 11.7 Å². The van der Waals surface area contributed by atoms with Crippen LogP contribution in [0, 0.1) is 5.92 Å². The highest BCUT2D eigenvalue weighted by molar-refractivity contribution is 5.90. The molecule has 1 aliphatic heterocycles. The van der Waals surface area contributed by atoms with Gasteiger partial charge in [-0.3, -0.25) is 4.79 Å². The average molecular weight is 250 g/mol. The van der Waals surface area contributed by atoms with Crippen LogP contribution in [0.15, 0.2) is 4.52 Å². The van der Waals surface area contributed by atoms with Crippen molar-refractivity contribution in [2.24, 2.45) is 5.92 Å². The first kappa shape index (κ1) is 11.6. The van der Waals surface area contributed by atoms with E-state index in [-0.39, 0.29) is 11.7 Å². The molecule has 2 heterocycles. The molecule has 0 radical (unpaired) electrons. The van der Waals surface area contributed by atoms with Crippen molar-refractivity contribution >= 4 is 5.91 Å². The Balaban J connectivity index is 1.50. The lowest BCUT2D eigenvalue weighted by Gasteiger charge is -2.03. The minimum Gasteiger partial charge on any atom is -0.346 e. The van der Waals surface area contributed by atoms with Crippen molar-refractivity contribution in [3.63, 3.8) is 0 Å². The van der Waals surface area contributed by atoms with E-state index >= 15 is 0 Å². The van der Waals surface area contributed by atoms with Gasteiger partial charge in [0.05, 0.1) is 0 Å². The molecule has 98 valence electrons. The Labute approximate surface area is 106 Å². The van der Waals surface area contributed by atoms with Crippen LogP contribution in [0.5, 0.6) is 0 Å². The molecule has 1 aliphatic carbocycles. The van der Waals surface area contributed by atoms with Crippen LogP contribution in [-0.4, -0.2) is 35.2 Å². The Bertz CT molecular complexity index is 421. The maximum Gasteiger partial charge on any atom is 0.292 e. The van der Waals surface area contributed by atoms with Crippen LogP contribution in [0.4, 0.5) is 0 Å². The molecule has 1 saturated heterocycles.